The summed E-state index contributed by atoms with van der Waals surface area (Å²) in [5, 5.41) is 0. The number of amides is 1. The fourth-order valence-electron chi connectivity index (χ4n) is 2.52. The topological polar surface area (TPSA) is 36.4 Å². The highest BCUT2D eigenvalue weighted by Crippen LogP contribution is 2.31. The number of halogens is 3. The molecular formula is C16H22F3N3O. The average Bonchev–Trinajstić information content (AvgIpc) is 2.45. The lowest BCUT2D eigenvalue weighted by molar-refractivity contribution is -0.137. The Labute approximate surface area is 134 Å². The van der Waals surface area contributed by atoms with Crippen molar-refractivity contribution in [2.24, 2.45) is 5.41 Å². The summed E-state index contributed by atoms with van der Waals surface area (Å²) in [6.45, 7) is 8.02. The monoisotopic (exact) mass is 329 g/mol. The van der Waals surface area contributed by atoms with Gasteiger partial charge in [0.05, 0.1) is 5.56 Å². The molecule has 1 saturated heterocycles. The van der Waals surface area contributed by atoms with E-state index < -0.39 is 11.7 Å². The van der Waals surface area contributed by atoms with Crippen molar-refractivity contribution in [3.05, 3.63) is 23.9 Å². The molecular weight excluding hydrogens is 307 g/mol. The number of piperazine rings is 1. The van der Waals surface area contributed by atoms with Crippen molar-refractivity contribution in [2.75, 3.05) is 31.1 Å². The van der Waals surface area contributed by atoms with Crippen LogP contribution in [0.2, 0.25) is 0 Å². The first-order valence-electron chi connectivity index (χ1n) is 7.62. The minimum Gasteiger partial charge on any atom is -0.353 e. The summed E-state index contributed by atoms with van der Waals surface area (Å²) >= 11 is 0. The van der Waals surface area contributed by atoms with E-state index in [4.69, 9.17) is 0 Å². The van der Waals surface area contributed by atoms with Gasteiger partial charge in [0.1, 0.15) is 5.82 Å². The number of hydrogen-bond donors (Lipinski definition) is 0. The molecule has 1 aliphatic rings. The second kappa shape index (κ2) is 6.37. The molecule has 0 radical (unpaired) electrons. The molecule has 0 aliphatic carbocycles. The summed E-state index contributed by atoms with van der Waals surface area (Å²) in [4.78, 5) is 19.8. The Balaban J connectivity index is 1.98. The van der Waals surface area contributed by atoms with Crippen molar-refractivity contribution in [2.45, 2.75) is 33.4 Å². The molecule has 1 aromatic heterocycles. The lowest BCUT2D eigenvalue weighted by Crippen LogP contribution is -2.49. The van der Waals surface area contributed by atoms with Gasteiger partial charge in [-0.2, -0.15) is 13.2 Å². The summed E-state index contributed by atoms with van der Waals surface area (Å²) in [6, 6.07) is 2.03. The van der Waals surface area contributed by atoms with Crippen LogP contribution in [0.5, 0.6) is 0 Å². The van der Waals surface area contributed by atoms with Gasteiger partial charge in [0.15, 0.2) is 0 Å². The summed E-state index contributed by atoms with van der Waals surface area (Å²) in [5.74, 6) is 0.400. The van der Waals surface area contributed by atoms with E-state index in [0.717, 1.165) is 12.1 Å². The molecule has 1 amide bonds. The number of hydrogen-bond acceptors (Lipinski definition) is 3. The first-order chi connectivity index (χ1) is 10.6. The molecule has 128 valence electrons. The molecule has 0 saturated carbocycles. The standard InChI is InChI=1S/C16H22F3N3O/c1-15(2,3)11-14(23)22-8-6-21(7-9-22)13-10-12(4-5-20-13)16(17,18)19/h4-5,10H,6-9,11H2,1-3H3. The van der Waals surface area contributed by atoms with Crippen LogP contribution in [-0.2, 0) is 11.0 Å². The third kappa shape index (κ3) is 4.84. The van der Waals surface area contributed by atoms with E-state index in [1.807, 2.05) is 20.8 Å². The molecule has 0 N–H and O–H groups in total. The second-order valence-corrected chi connectivity index (χ2v) is 7.01. The van der Waals surface area contributed by atoms with Crippen LogP contribution in [0.3, 0.4) is 0 Å². The maximum Gasteiger partial charge on any atom is 0.416 e. The lowest BCUT2D eigenvalue weighted by Gasteiger charge is -2.36. The summed E-state index contributed by atoms with van der Waals surface area (Å²) in [5.41, 5.74) is -0.773. The molecule has 0 atom stereocenters. The highest BCUT2D eigenvalue weighted by Gasteiger charge is 2.32. The highest BCUT2D eigenvalue weighted by molar-refractivity contribution is 5.77. The minimum absolute atomic E-state index is 0.0726. The van der Waals surface area contributed by atoms with Crippen LogP contribution in [0, 0.1) is 5.41 Å². The van der Waals surface area contributed by atoms with Crippen molar-refractivity contribution in [3.8, 4) is 0 Å². The molecule has 1 aliphatic heterocycles. The van der Waals surface area contributed by atoms with E-state index in [1.165, 1.54) is 6.20 Å². The number of anilines is 1. The first-order valence-corrected chi connectivity index (χ1v) is 7.62. The number of alkyl halides is 3. The number of pyridine rings is 1. The van der Waals surface area contributed by atoms with Crippen molar-refractivity contribution in [1.82, 2.24) is 9.88 Å². The SMILES string of the molecule is CC(C)(C)CC(=O)N1CCN(c2cc(C(F)(F)F)ccn2)CC1. The molecule has 0 spiro atoms. The van der Waals surface area contributed by atoms with E-state index in [2.05, 4.69) is 4.98 Å². The predicted octanol–water partition coefficient (Wildman–Crippen LogP) is 3.19. The molecule has 0 unspecified atom stereocenters. The summed E-state index contributed by atoms with van der Waals surface area (Å²) in [6.07, 6.45) is -2.73. The first kappa shape index (κ1) is 17.6. The maximum absolute atomic E-state index is 12.8. The minimum atomic E-state index is -4.37. The van der Waals surface area contributed by atoms with Crippen LogP contribution in [0.4, 0.5) is 19.0 Å². The van der Waals surface area contributed by atoms with Crippen LogP contribution in [0.15, 0.2) is 18.3 Å². The largest absolute Gasteiger partial charge is 0.416 e. The zero-order valence-corrected chi connectivity index (χ0v) is 13.7. The van der Waals surface area contributed by atoms with Gasteiger partial charge in [-0.3, -0.25) is 4.79 Å². The van der Waals surface area contributed by atoms with Crippen LogP contribution in [0.1, 0.15) is 32.8 Å². The van der Waals surface area contributed by atoms with E-state index in [1.54, 1.807) is 9.80 Å². The van der Waals surface area contributed by atoms with E-state index in [-0.39, 0.29) is 11.3 Å². The number of carbonyl (C=O) groups excluding carboxylic acids is 1. The quantitative estimate of drug-likeness (QED) is 0.836. The van der Waals surface area contributed by atoms with Crippen LogP contribution in [-0.4, -0.2) is 42.0 Å². The Kier molecular flexibility index (Phi) is 4.87. The Bertz CT molecular complexity index is 558. The lowest BCUT2D eigenvalue weighted by atomic mass is 9.91. The van der Waals surface area contributed by atoms with E-state index in [9.17, 15) is 18.0 Å². The normalized spacial score (nSPS) is 16.6. The van der Waals surface area contributed by atoms with Crippen LogP contribution >= 0.6 is 0 Å². The Morgan fingerprint density at radius 3 is 2.30 bits per heavy atom. The van der Waals surface area contributed by atoms with Gasteiger partial charge in [-0.25, -0.2) is 4.98 Å². The van der Waals surface area contributed by atoms with Crippen molar-refractivity contribution in [1.29, 1.82) is 0 Å². The molecule has 1 aromatic rings. The zero-order chi connectivity index (χ0) is 17.3. The third-order valence-corrected chi connectivity index (χ3v) is 3.71. The smallest absolute Gasteiger partial charge is 0.353 e. The predicted molar refractivity (Wildman–Crippen MR) is 82.1 cm³/mol. The number of carbonyl (C=O) groups is 1. The zero-order valence-electron chi connectivity index (χ0n) is 13.7. The van der Waals surface area contributed by atoms with Crippen molar-refractivity contribution < 1.29 is 18.0 Å². The summed E-state index contributed by atoms with van der Waals surface area (Å²) in [7, 11) is 0. The van der Waals surface area contributed by atoms with Crippen molar-refractivity contribution >= 4 is 11.7 Å². The van der Waals surface area contributed by atoms with Crippen LogP contribution in [0.25, 0.3) is 0 Å². The molecule has 23 heavy (non-hydrogen) atoms. The highest BCUT2D eigenvalue weighted by atomic mass is 19.4. The number of rotatable bonds is 2. The Hall–Kier alpha value is -1.79. The third-order valence-electron chi connectivity index (χ3n) is 3.71. The second-order valence-electron chi connectivity index (χ2n) is 7.01. The summed E-state index contributed by atoms with van der Waals surface area (Å²) < 4.78 is 38.3. The van der Waals surface area contributed by atoms with Gasteiger partial charge in [-0.1, -0.05) is 20.8 Å². The molecule has 2 rings (SSSR count). The molecule has 1 fully saturated rings. The Morgan fingerprint density at radius 1 is 1.17 bits per heavy atom. The molecule has 2 heterocycles. The molecule has 7 heteroatoms. The van der Waals surface area contributed by atoms with Gasteiger partial charge >= 0.3 is 6.18 Å². The molecule has 4 nitrogen and oxygen atoms in total. The van der Waals surface area contributed by atoms with Gasteiger partial charge in [0.25, 0.3) is 0 Å². The molecule has 0 bridgehead atoms. The molecule has 0 aromatic carbocycles. The van der Waals surface area contributed by atoms with E-state index >= 15 is 0 Å². The number of aromatic nitrogens is 1. The van der Waals surface area contributed by atoms with Crippen LogP contribution < -0.4 is 4.90 Å². The fourth-order valence-corrected chi connectivity index (χ4v) is 2.52. The van der Waals surface area contributed by atoms with Crippen molar-refractivity contribution in [3.63, 3.8) is 0 Å². The van der Waals surface area contributed by atoms with Gasteiger partial charge < -0.3 is 9.80 Å². The van der Waals surface area contributed by atoms with Gasteiger partial charge in [-0.15, -0.1) is 0 Å². The number of nitrogens with zero attached hydrogens (tertiary/aromatic N) is 3. The van der Waals surface area contributed by atoms with Gasteiger partial charge in [-0.05, 0) is 17.5 Å². The maximum atomic E-state index is 12.8. The van der Waals surface area contributed by atoms with E-state index in [0.29, 0.717) is 38.4 Å². The van der Waals surface area contributed by atoms with Gasteiger partial charge in [0, 0.05) is 38.8 Å². The Morgan fingerprint density at radius 2 is 1.78 bits per heavy atom. The average molecular weight is 329 g/mol. The fraction of sp³-hybridized carbons (Fsp3) is 0.625. The van der Waals surface area contributed by atoms with Gasteiger partial charge in [0.2, 0.25) is 5.91 Å².